The summed E-state index contributed by atoms with van der Waals surface area (Å²) in [6, 6.07) is 3.83. The van der Waals surface area contributed by atoms with Crippen molar-refractivity contribution in [3.05, 3.63) is 18.2 Å². The van der Waals surface area contributed by atoms with Gasteiger partial charge in [0.15, 0.2) is 0 Å². The van der Waals surface area contributed by atoms with Gasteiger partial charge in [0.25, 0.3) is 0 Å². The molecule has 0 atom stereocenters. The Labute approximate surface area is 74.3 Å². The first-order valence-corrected chi connectivity index (χ1v) is 3.57. The maximum absolute atomic E-state index is 10.2. The number of carboxylic acids is 1. The standard InChI is InChI=1S/C8H9NO4/c10-5-1-2-7(11)6(3-5)9-4-8(12)13/h1-3,9-11H,4H2,(H,12,13). The zero-order chi connectivity index (χ0) is 9.84. The number of hydrogen-bond acceptors (Lipinski definition) is 4. The van der Waals surface area contributed by atoms with E-state index in [0.717, 1.165) is 0 Å². The lowest BCUT2D eigenvalue weighted by atomic mass is 10.2. The van der Waals surface area contributed by atoms with Gasteiger partial charge in [0.05, 0.1) is 5.69 Å². The van der Waals surface area contributed by atoms with Gasteiger partial charge in [0.2, 0.25) is 0 Å². The summed E-state index contributed by atoms with van der Waals surface area (Å²) in [6.45, 7) is -0.309. The highest BCUT2D eigenvalue weighted by molar-refractivity contribution is 5.74. The molecule has 0 aromatic heterocycles. The minimum Gasteiger partial charge on any atom is -0.508 e. The normalized spacial score (nSPS) is 9.54. The molecule has 0 bridgehead atoms. The van der Waals surface area contributed by atoms with Crippen LogP contribution in [0.4, 0.5) is 5.69 Å². The lowest BCUT2D eigenvalue weighted by Gasteiger charge is -2.05. The van der Waals surface area contributed by atoms with Crippen molar-refractivity contribution in [1.29, 1.82) is 0 Å². The highest BCUT2D eigenvalue weighted by atomic mass is 16.4. The molecule has 0 radical (unpaired) electrons. The number of phenols is 2. The van der Waals surface area contributed by atoms with Crippen molar-refractivity contribution in [3.8, 4) is 11.5 Å². The minimum atomic E-state index is -1.04. The second kappa shape index (κ2) is 3.66. The van der Waals surface area contributed by atoms with E-state index in [2.05, 4.69) is 5.32 Å². The van der Waals surface area contributed by atoms with E-state index in [1.54, 1.807) is 0 Å². The summed E-state index contributed by atoms with van der Waals surface area (Å²) < 4.78 is 0. The third-order valence-electron chi connectivity index (χ3n) is 1.41. The molecule has 0 aliphatic rings. The van der Waals surface area contributed by atoms with Crippen LogP contribution in [-0.2, 0) is 4.79 Å². The summed E-state index contributed by atoms with van der Waals surface area (Å²) in [7, 11) is 0. The third-order valence-corrected chi connectivity index (χ3v) is 1.41. The summed E-state index contributed by atoms with van der Waals surface area (Å²) in [5, 5.41) is 29.0. The predicted octanol–water partition coefficient (Wildman–Crippen LogP) is 0.594. The van der Waals surface area contributed by atoms with Gasteiger partial charge in [0, 0.05) is 6.07 Å². The quantitative estimate of drug-likeness (QED) is 0.407. The van der Waals surface area contributed by atoms with Crippen LogP contribution in [0, 0.1) is 0 Å². The van der Waals surface area contributed by atoms with Crippen molar-refractivity contribution >= 4 is 11.7 Å². The van der Waals surface area contributed by atoms with E-state index in [1.807, 2.05) is 0 Å². The number of aromatic hydroxyl groups is 2. The number of phenolic OH excluding ortho intramolecular Hbond substituents is 2. The minimum absolute atomic E-state index is 0.0364. The van der Waals surface area contributed by atoms with E-state index in [9.17, 15) is 9.90 Å². The Hall–Kier alpha value is -1.91. The number of anilines is 1. The first-order valence-electron chi connectivity index (χ1n) is 3.57. The summed E-state index contributed by atoms with van der Waals surface area (Å²) in [4.78, 5) is 10.2. The number of aliphatic carboxylic acids is 1. The Bertz CT molecular complexity index is 324. The number of carbonyl (C=O) groups is 1. The zero-order valence-electron chi connectivity index (χ0n) is 6.69. The van der Waals surface area contributed by atoms with E-state index in [-0.39, 0.29) is 23.7 Å². The van der Waals surface area contributed by atoms with Gasteiger partial charge in [-0.1, -0.05) is 0 Å². The Morgan fingerprint density at radius 3 is 2.69 bits per heavy atom. The molecule has 0 amide bonds. The second-order valence-corrected chi connectivity index (χ2v) is 2.45. The molecule has 5 heteroatoms. The largest absolute Gasteiger partial charge is 0.508 e. The molecule has 0 aliphatic heterocycles. The fourth-order valence-corrected chi connectivity index (χ4v) is 0.836. The van der Waals surface area contributed by atoms with Crippen molar-refractivity contribution in [3.63, 3.8) is 0 Å². The highest BCUT2D eigenvalue weighted by Crippen LogP contribution is 2.26. The van der Waals surface area contributed by atoms with Crippen molar-refractivity contribution in [2.45, 2.75) is 0 Å². The van der Waals surface area contributed by atoms with Gasteiger partial charge < -0.3 is 20.6 Å². The molecule has 4 N–H and O–H groups in total. The average Bonchev–Trinajstić information content (AvgIpc) is 2.06. The molecule has 0 spiro atoms. The molecular weight excluding hydrogens is 174 g/mol. The van der Waals surface area contributed by atoms with E-state index >= 15 is 0 Å². The van der Waals surface area contributed by atoms with Crippen LogP contribution in [0.5, 0.6) is 11.5 Å². The van der Waals surface area contributed by atoms with E-state index < -0.39 is 5.97 Å². The Balaban J connectivity index is 2.75. The first kappa shape index (κ1) is 9.18. The Kier molecular flexibility index (Phi) is 2.59. The second-order valence-electron chi connectivity index (χ2n) is 2.45. The number of benzene rings is 1. The summed E-state index contributed by atoms with van der Waals surface area (Å²) >= 11 is 0. The van der Waals surface area contributed by atoms with Gasteiger partial charge in [0.1, 0.15) is 18.0 Å². The topological polar surface area (TPSA) is 89.8 Å². The number of rotatable bonds is 3. The molecular formula is C8H9NO4. The van der Waals surface area contributed by atoms with Crippen LogP contribution in [0.2, 0.25) is 0 Å². The summed E-state index contributed by atoms with van der Waals surface area (Å²) in [5.41, 5.74) is 0.197. The lowest BCUT2D eigenvalue weighted by Crippen LogP contribution is -2.12. The molecule has 0 aliphatic carbocycles. The summed E-state index contributed by atoms with van der Waals surface area (Å²) in [5.74, 6) is -1.17. The van der Waals surface area contributed by atoms with Crippen LogP contribution in [0.1, 0.15) is 0 Å². The van der Waals surface area contributed by atoms with Crippen LogP contribution in [0.25, 0.3) is 0 Å². The molecule has 1 rings (SSSR count). The van der Waals surface area contributed by atoms with E-state index in [4.69, 9.17) is 10.2 Å². The van der Waals surface area contributed by atoms with Crippen molar-refractivity contribution in [2.24, 2.45) is 0 Å². The van der Waals surface area contributed by atoms with Crippen LogP contribution in [-0.4, -0.2) is 27.8 Å². The fraction of sp³-hybridized carbons (Fsp3) is 0.125. The molecule has 0 unspecified atom stereocenters. The van der Waals surface area contributed by atoms with E-state index in [1.165, 1.54) is 18.2 Å². The van der Waals surface area contributed by atoms with E-state index in [0.29, 0.717) is 0 Å². The SMILES string of the molecule is O=C(O)CNc1cc(O)ccc1O. The number of hydrogen-bond donors (Lipinski definition) is 4. The van der Waals surface area contributed by atoms with Gasteiger partial charge in [-0.15, -0.1) is 0 Å². The van der Waals surface area contributed by atoms with Crippen LogP contribution >= 0.6 is 0 Å². The zero-order valence-corrected chi connectivity index (χ0v) is 6.69. The monoisotopic (exact) mass is 183 g/mol. The van der Waals surface area contributed by atoms with Gasteiger partial charge in [-0.05, 0) is 12.1 Å². The molecule has 1 aromatic rings. The highest BCUT2D eigenvalue weighted by Gasteiger charge is 2.03. The number of carboxylic acid groups (broad SMARTS) is 1. The average molecular weight is 183 g/mol. The predicted molar refractivity (Wildman–Crippen MR) is 45.9 cm³/mol. The van der Waals surface area contributed by atoms with Crippen molar-refractivity contribution < 1.29 is 20.1 Å². The molecule has 70 valence electrons. The van der Waals surface area contributed by atoms with Gasteiger partial charge in [-0.25, -0.2) is 0 Å². The first-order chi connectivity index (χ1) is 6.09. The summed E-state index contributed by atoms with van der Waals surface area (Å²) in [6.07, 6.45) is 0. The Morgan fingerprint density at radius 1 is 1.38 bits per heavy atom. The Morgan fingerprint density at radius 2 is 2.08 bits per heavy atom. The van der Waals surface area contributed by atoms with Gasteiger partial charge in [-0.3, -0.25) is 4.79 Å². The van der Waals surface area contributed by atoms with Crippen molar-refractivity contribution in [2.75, 3.05) is 11.9 Å². The maximum Gasteiger partial charge on any atom is 0.322 e. The van der Waals surface area contributed by atoms with Crippen LogP contribution in [0.15, 0.2) is 18.2 Å². The maximum atomic E-state index is 10.2. The molecule has 0 fully saturated rings. The van der Waals surface area contributed by atoms with Crippen molar-refractivity contribution in [1.82, 2.24) is 0 Å². The molecule has 5 nitrogen and oxygen atoms in total. The third kappa shape index (κ3) is 2.55. The molecule has 0 saturated carbocycles. The fourth-order valence-electron chi connectivity index (χ4n) is 0.836. The molecule has 0 saturated heterocycles. The smallest absolute Gasteiger partial charge is 0.322 e. The molecule has 1 aromatic carbocycles. The van der Waals surface area contributed by atoms with Crippen LogP contribution < -0.4 is 5.32 Å². The number of nitrogens with one attached hydrogen (secondary N) is 1. The molecule has 13 heavy (non-hydrogen) atoms. The van der Waals surface area contributed by atoms with Gasteiger partial charge in [-0.2, -0.15) is 0 Å². The lowest BCUT2D eigenvalue weighted by molar-refractivity contribution is -0.134. The molecule has 0 heterocycles. The van der Waals surface area contributed by atoms with Gasteiger partial charge >= 0.3 is 5.97 Å². The van der Waals surface area contributed by atoms with Crippen LogP contribution in [0.3, 0.4) is 0 Å².